The van der Waals surface area contributed by atoms with E-state index in [0.29, 0.717) is 24.3 Å². The van der Waals surface area contributed by atoms with Gasteiger partial charge in [-0.05, 0) is 31.4 Å². The Morgan fingerprint density at radius 2 is 1.80 bits per heavy atom. The van der Waals surface area contributed by atoms with E-state index in [9.17, 15) is 9.59 Å². The molecule has 3 rings (SSSR count). The van der Waals surface area contributed by atoms with Crippen LogP contribution in [-0.4, -0.2) is 18.7 Å². The number of hydrogen-bond donors (Lipinski definition) is 0. The molecule has 0 bridgehead atoms. The second kappa shape index (κ2) is 6.70. The standard InChI is InChI=1S/C19H24N4O2/c1-5-10-21-12-20-17-16(21)18(24)22(11-13(2)3)19(25)23(17)15-8-6-14(4)7-9-15/h6-9,12-13H,5,10-11H2,1-4H3. The molecule has 6 nitrogen and oxygen atoms in total. The smallest absolute Gasteiger partial charge is 0.325 e. The van der Waals surface area contributed by atoms with Gasteiger partial charge < -0.3 is 4.57 Å². The van der Waals surface area contributed by atoms with Gasteiger partial charge in [0.05, 0.1) is 12.0 Å². The van der Waals surface area contributed by atoms with Gasteiger partial charge in [-0.3, -0.25) is 9.36 Å². The molecule has 0 atom stereocenters. The average Bonchev–Trinajstić information content (AvgIpc) is 2.97. The van der Waals surface area contributed by atoms with Crippen molar-refractivity contribution in [2.75, 3.05) is 0 Å². The van der Waals surface area contributed by atoms with Gasteiger partial charge in [-0.25, -0.2) is 14.3 Å². The van der Waals surface area contributed by atoms with E-state index in [1.54, 1.807) is 10.9 Å². The average molecular weight is 340 g/mol. The van der Waals surface area contributed by atoms with Crippen LogP contribution in [0.25, 0.3) is 16.9 Å². The zero-order valence-electron chi connectivity index (χ0n) is 15.2. The third kappa shape index (κ3) is 3.04. The molecular formula is C19H24N4O2. The quantitative estimate of drug-likeness (QED) is 0.717. The number of aromatic nitrogens is 4. The molecule has 3 aromatic rings. The van der Waals surface area contributed by atoms with Crippen LogP contribution >= 0.6 is 0 Å². The van der Waals surface area contributed by atoms with Gasteiger partial charge >= 0.3 is 5.69 Å². The Bertz CT molecular complexity index is 1010. The highest BCUT2D eigenvalue weighted by atomic mass is 16.2. The maximum atomic E-state index is 13.1. The Morgan fingerprint density at radius 3 is 2.40 bits per heavy atom. The molecule has 0 amide bonds. The van der Waals surface area contributed by atoms with Crippen molar-refractivity contribution in [2.24, 2.45) is 5.92 Å². The predicted molar refractivity (Wildman–Crippen MR) is 99.5 cm³/mol. The molecule has 0 saturated heterocycles. The molecule has 2 aromatic heterocycles. The number of nitrogens with zero attached hydrogens (tertiary/aromatic N) is 4. The lowest BCUT2D eigenvalue weighted by molar-refractivity contribution is 0.488. The Morgan fingerprint density at radius 1 is 1.12 bits per heavy atom. The lowest BCUT2D eigenvalue weighted by Crippen LogP contribution is -2.41. The summed E-state index contributed by atoms with van der Waals surface area (Å²) in [6.07, 6.45) is 2.54. The van der Waals surface area contributed by atoms with E-state index in [4.69, 9.17) is 0 Å². The van der Waals surface area contributed by atoms with Crippen molar-refractivity contribution in [2.45, 2.75) is 47.2 Å². The molecule has 132 valence electrons. The summed E-state index contributed by atoms with van der Waals surface area (Å²) in [5, 5.41) is 0. The first-order chi connectivity index (χ1) is 11.9. The lowest BCUT2D eigenvalue weighted by atomic mass is 10.2. The molecule has 0 radical (unpaired) electrons. The molecular weight excluding hydrogens is 316 g/mol. The Balaban J connectivity index is 2.40. The van der Waals surface area contributed by atoms with E-state index in [-0.39, 0.29) is 17.2 Å². The summed E-state index contributed by atoms with van der Waals surface area (Å²) in [6, 6.07) is 7.68. The fraction of sp³-hybridized carbons (Fsp3) is 0.421. The highest BCUT2D eigenvalue weighted by Crippen LogP contribution is 2.14. The number of benzene rings is 1. The maximum absolute atomic E-state index is 13.1. The summed E-state index contributed by atoms with van der Waals surface area (Å²) >= 11 is 0. The summed E-state index contributed by atoms with van der Waals surface area (Å²) < 4.78 is 4.73. The van der Waals surface area contributed by atoms with Crippen LogP contribution in [-0.2, 0) is 13.1 Å². The first kappa shape index (κ1) is 17.2. The van der Waals surface area contributed by atoms with Gasteiger partial charge in [0, 0.05) is 13.1 Å². The topological polar surface area (TPSA) is 61.8 Å². The van der Waals surface area contributed by atoms with Crippen LogP contribution in [0.15, 0.2) is 40.2 Å². The van der Waals surface area contributed by atoms with Gasteiger partial charge in [0.25, 0.3) is 5.56 Å². The van der Waals surface area contributed by atoms with Gasteiger partial charge in [-0.1, -0.05) is 38.5 Å². The van der Waals surface area contributed by atoms with Crippen molar-refractivity contribution < 1.29 is 0 Å². The predicted octanol–water partition coefficient (Wildman–Crippen LogP) is 2.72. The van der Waals surface area contributed by atoms with Crippen molar-refractivity contribution in [1.82, 2.24) is 18.7 Å². The number of imidazole rings is 1. The van der Waals surface area contributed by atoms with E-state index in [2.05, 4.69) is 11.9 Å². The molecule has 0 saturated carbocycles. The normalized spacial score (nSPS) is 11.6. The summed E-state index contributed by atoms with van der Waals surface area (Å²) in [6.45, 7) is 9.12. The molecule has 0 unspecified atom stereocenters. The number of aryl methyl sites for hydroxylation is 2. The number of rotatable bonds is 5. The van der Waals surface area contributed by atoms with Gasteiger partial charge in [-0.2, -0.15) is 0 Å². The molecule has 6 heteroatoms. The van der Waals surface area contributed by atoms with Crippen molar-refractivity contribution in [3.8, 4) is 5.69 Å². The van der Waals surface area contributed by atoms with Crippen molar-refractivity contribution >= 4 is 11.2 Å². The third-order valence-electron chi connectivity index (χ3n) is 4.20. The molecule has 0 aliphatic carbocycles. The van der Waals surface area contributed by atoms with Crippen LogP contribution in [0.2, 0.25) is 0 Å². The largest absolute Gasteiger partial charge is 0.337 e. The zero-order chi connectivity index (χ0) is 18.1. The van der Waals surface area contributed by atoms with Crippen LogP contribution in [0.1, 0.15) is 32.8 Å². The van der Waals surface area contributed by atoms with Crippen molar-refractivity contribution in [3.05, 3.63) is 57.0 Å². The van der Waals surface area contributed by atoms with Crippen LogP contribution in [0.5, 0.6) is 0 Å². The Labute approximate surface area is 146 Å². The van der Waals surface area contributed by atoms with E-state index in [0.717, 1.165) is 17.7 Å². The minimum Gasteiger partial charge on any atom is -0.325 e. The first-order valence-electron chi connectivity index (χ1n) is 8.71. The molecule has 1 aromatic carbocycles. The summed E-state index contributed by atoms with van der Waals surface area (Å²) in [5.74, 6) is 0.192. The summed E-state index contributed by atoms with van der Waals surface area (Å²) in [4.78, 5) is 30.4. The summed E-state index contributed by atoms with van der Waals surface area (Å²) in [5.41, 5.74) is 2.15. The number of hydrogen-bond acceptors (Lipinski definition) is 3. The Kier molecular flexibility index (Phi) is 4.61. The van der Waals surface area contributed by atoms with Crippen LogP contribution in [0, 0.1) is 12.8 Å². The van der Waals surface area contributed by atoms with Crippen molar-refractivity contribution in [3.63, 3.8) is 0 Å². The van der Waals surface area contributed by atoms with Crippen molar-refractivity contribution in [1.29, 1.82) is 0 Å². The minimum atomic E-state index is -0.336. The van der Waals surface area contributed by atoms with E-state index >= 15 is 0 Å². The first-order valence-corrected chi connectivity index (χ1v) is 8.71. The lowest BCUT2D eigenvalue weighted by Gasteiger charge is -2.14. The molecule has 0 N–H and O–H groups in total. The zero-order valence-corrected chi connectivity index (χ0v) is 15.2. The number of fused-ring (bicyclic) bond motifs is 1. The van der Waals surface area contributed by atoms with E-state index < -0.39 is 0 Å². The summed E-state index contributed by atoms with van der Waals surface area (Å²) in [7, 11) is 0. The molecule has 2 heterocycles. The molecule has 0 fully saturated rings. The van der Waals surface area contributed by atoms with E-state index in [1.807, 2.05) is 49.6 Å². The van der Waals surface area contributed by atoms with Gasteiger partial charge in [-0.15, -0.1) is 0 Å². The Hall–Kier alpha value is -2.63. The maximum Gasteiger partial charge on any atom is 0.337 e. The fourth-order valence-electron chi connectivity index (χ4n) is 3.04. The van der Waals surface area contributed by atoms with Crippen LogP contribution < -0.4 is 11.2 Å². The molecule has 0 spiro atoms. The monoisotopic (exact) mass is 340 g/mol. The molecule has 0 aliphatic heterocycles. The van der Waals surface area contributed by atoms with Gasteiger partial charge in [0.2, 0.25) is 0 Å². The van der Waals surface area contributed by atoms with E-state index in [1.165, 1.54) is 4.57 Å². The molecule has 0 aliphatic rings. The van der Waals surface area contributed by atoms with Crippen LogP contribution in [0.3, 0.4) is 0 Å². The van der Waals surface area contributed by atoms with Gasteiger partial charge in [0.15, 0.2) is 11.2 Å². The highest BCUT2D eigenvalue weighted by molar-refractivity contribution is 5.72. The SMILES string of the molecule is CCCn1cnc2c1c(=O)n(CC(C)C)c(=O)n2-c1ccc(C)cc1. The highest BCUT2D eigenvalue weighted by Gasteiger charge is 2.19. The van der Waals surface area contributed by atoms with Crippen LogP contribution in [0.4, 0.5) is 0 Å². The molecule has 25 heavy (non-hydrogen) atoms. The minimum absolute atomic E-state index is 0.192. The second-order valence-electron chi connectivity index (χ2n) is 6.87. The fourth-order valence-corrected chi connectivity index (χ4v) is 3.04. The van der Waals surface area contributed by atoms with Gasteiger partial charge in [0.1, 0.15) is 0 Å². The second-order valence-corrected chi connectivity index (χ2v) is 6.87. The third-order valence-corrected chi connectivity index (χ3v) is 4.20.